The van der Waals surface area contributed by atoms with Crippen molar-refractivity contribution in [1.82, 2.24) is 20.9 Å². The number of primary amides is 1. The van der Waals surface area contributed by atoms with E-state index >= 15 is 0 Å². The molecule has 51 heavy (non-hydrogen) atoms. The maximum atomic E-state index is 14.4. The van der Waals surface area contributed by atoms with Crippen LogP contribution in [0.25, 0.3) is 0 Å². The van der Waals surface area contributed by atoms with Gasteiger partial charge in [-0.25, -0.2) is 4.79 Å². The molecule has 0 radical (unpaired) electrons. The highest BCUT2D eigenvalue weighted by Crippen LogP contribution is 2.34. The van der Waals surface area contributed by atoms with Crippen LogP contribution >= 0.6 is 0 Å². The lowest BCUT2D eigenvalue weighted by atomic mass is 9.80. The second-order valence-electron chi connectivity index (χ2n) is 16.1. The molecule has 0 spiro atoms. The van der Waals surface area contributed by atoms with Crippen LogP contribution < -0.4 is 27.0 Å². The van der Waals surface area contributed by atoms with Crippen molar-refractivity contribution in [2.75, 3.05) is 20.2 Å². The van der Waals surface area contributed by atoms with Crippen LogP contribution in [-0.2, 0) is 41.4 Å². The van der Waals surface area contributed by atoms with E-state index in [0.717, 1.165) is 24.8 Å². The van der Waals surface area contributed by atoms with Crippen LogP contribution in [0.4, 0.5) is 4.79 Å². The lowest BCUT2D eigenvalue weighted by Gasteiger charge is -2.37. The molecule has 1 aromatic carbocycles. The van der Waals surface area contributed by atoms with Crippen molar-refractivity contribution in [2.24, 2.45) is 28.4 Å². The highest BCUT2D eigenvalue weighted by Gasteiger charge is 2.47. The predicted octanol–water partition coefficient (Wildman–Crippen LogP) is 2.41. The molecule has 13 nitrogen and oxygen atoms in total. The Labute approximate surface area is 306 Å². The third kappa shape index (κ3) is 11.3. The number of hydrogen-bond donors (Lipinski definition) is 6. The van der Waals surface area contributed by atoms with Crippen molar-refractivity contribution in [1.29, 1.82) is 0 Å². The van der Waals surface area contributed by atoms with Gasteiger partial charge in [-0.2, -0.15) is 0 Å². The van der Waals surface area contributed by atoms with Crippen LogP contribution in [0.2, 0.25) is 0 Å². The van der Waals surface area contributed by atoms with Crippen LogP contribution in [-0.4, -0.2) is 83.4 Å². The van der Waals surface area contributed by atoms with Gasteiger partial charge in [0.15, 0.2) is 0 Å². The molecule has 14 heteroatoms. The van der Waals surface area contributed by atoms with E-state index < -0.39 is 64.5 Å². The van der Waals surface area contributed by atoms with Crippen LogP contribution in [0.3, 0.4) is 0 Å². The number of urea groups is 1. The molecule has 2 aliphatic rings. The standard InChI is InChI=1S/C37H58N6O7S/c1-22(2)25-17-18-43(29(25)33(46)40-26(30(44)32(38)45)19-23-13-12-14-23)34(47)31(37(6,7)8)42-35(48)41-28(36(3,4)5)21-39-20-24-15-10-11-16-27(24)51(49)50-9/h10-11,15-16,23,25-26,28-29,31,39,49H,1,12-14,17-21H2,2-9H3,(H4-,38,40,41,42,45,46,48)/p+2/t25-,26?,28-,29+,31-,51?/m1/s1. The number of carbonyl (C=O) groups is 5. The Morgan fingerprint density at radius 1 is 1.04 bits per heavy atom. The van der Waals surface area contributed by atoms with Crippen molar-refractivity contribution in [3.05, 3.63) is 42.0 Å². The van der Waals surface area contributed by atoms with Gasteiger partial charge in [0.05, 0.1) is 31.3 Å². The lowest BCUT2D eigenvalue weighted by Crippen LogP contribution is -2.87. The zero-order valence-electron chi connectivity index (χ0n) is 31.5. The summed E-state index contributed by atoms with van der Waals surface area (Å²) < 4.78 is 15.4. The summed E-state index contributed by atoms with van der Waals surface area (Å²) in [7, 11) is 1.45. The molecule has 1 aliphatic carbocycles. The van der Waals surface area contributed by atoms with Crippen LogP contribution in [0.15, 0.2) is 41.3 Å². The van der Waals surface area contributed by atoms with Gasteiger partial charge >= 0.3 is 17.5 Å². The summed E-state index contributed by atoms with van der Waals surface area (Å²) in [5.41, 5.74) is 5.90. The summed E-state index contributed by atoms with van der Waals surface area (Å²) in [6.45, 7) is 18.8. The highest BCUT2D eigenvalue weighted by molar-refractivity contribution is 7.86. The number of quaternary nitrogens is 1. The number of hydrogen-bond acceptors (Lipinski definition) is 7. The molecular weight excluding hydrogens is 673 g/mol. The second-order valence-corrected chi connectivity index (χ2v) is 17.4. The van der Waals surface area contributed by atoms with Crippen molar-refractivity contribution in [3.63, 3.8) is 0 Å². The van der Waals surface area contributed by atoms with Gasteiger partial charge in [0.2, 0.25) is 22.5 Å². The average molecular weight is 733 g/mol. The van der Waals surface area contributed by atoms with Crippen molar-refractivity contribution in [2.45, 2.75) is 116 Å². The maximum absolute atomic E-state index is 14.4. The normalized spacial score (nSPS) is 20.4. The van der Waals surface area contributed by atoms with Gasteiger partial charge in [0, 0.05) is 18.5 Å². The number of rotatable bonds is 16. The Morgan fingerprint density at radius 3 is 2.22 bits per heavy atom. The third-order valence-electron chi connectivity index (χ3n) is 10.1. The fourth-order valence-electron chi connectivity index (χ4n) is 6.71. The predicted molar refractivity (Wildman–Crippen MR) is 197 cm³/mol. The summed E-state index contributed by atoms with van der Waals surface area (Å²) in [6, 6.07) is 3.64. The van der Waals surface area contributed by atoms with E-state index in [0.29, 0.717) is 36.4 Å². The van der Waals surface area contributed by atoms with Gasteiger partial charge < -0.3 is 31.9 Å². The number of Topliss-reactive ketones (excluding diaryl/α,β-unsaturated/α-hetero) is 1. The number of nitrogens with two attached hydrogens (primary N) is 2. The Morgan fingerprint density at radius 2 is 1.69 bits per heavy atom. The summed E-state index contributed by atoms with van der Waals surface area (Å²) >= 11 is -1.33. The molecule has 0 aromatic heterocycles. The lowest BCUT2D eigenvalue weighted by molar-refractivity contribution is -0.674. The first kappa shape index (κ1) is 42.0. The van der Waals surface area contributed by atoms with E-state index in [4.69, 9.17) is 9.92 Å². The molecule has 1 aromatic rings. The van der Waals surface area contributed by atoms with E-state index in [-0.39, 0.29) is 29.8 Å². The number of nitrogens with one attached hydrogen (secondary N) is 3. The maximum Gasteiger partial charge on any atom is 0.354 e. The van der Waals surface area contributed by atoms with E-state index in [1.54, 1.807) is 6.92 Å². The summed E-state index contributed by atoms with van der Waals surface area (Å²) in [6.07, 6.45) is 3.63. The van der Waals surface area contributed by atoms with Gasteiger partial charge in [0.1, 0.15) is 18.6 Å². The number of nitrogens with zero attached hydrogens (tertiary/aromatic N) is 1. The monoisotopic (exact) mass is 732 g/mol. The molecule has 1 heterocycles. The molecule has 1 saturated heterocycles. The molecule has 0 bridgehead atoms. The summed E-state index contributed by atoms with van der Waals surface area (Å²) in [5, 5.41) is 10.8. The fraction of sp³-hybridized carbons (Fsp3) is 0.649. The molecule has 284 valence electrons. The van der Waals surface area contributed by atoms with Gasteiger partial charge in [0.25, 0.3) is 5.91 Å². The zero-order chi connectivity index (χ0) is 38.3. The molecule has 1 saturated carbocycles. The SMILES string of the molecule is C=C(C)[C@H]1CCN(C(=O)[C@@H](NC(=O)N[C@H](C[NH2+]Cc2ccccc2[S+](O)OC)C(C)(C)C)C(C)(C)C)[C@@H]1C(=O)NC(CC1CCC1)C(=O)C(N)=O. The Kier molecular flexibility index (Phi) is 14.7. The minimum Gasteiger partial charge on any atom is -0.363 e. The molecule has 5 amide bonds. The van der Waals surface area contributed by atoms with Crippen LogP contribution in [0, 0.1) is 22.7 Å². The first-order chi connectivity index (χ1) is 23.8. The molecule has 8 N–H and O–H groups in total. The van der Waals surface area contributed by atoms with Crippen molar-refractivity contribution < 1.29 is 38.0 Å². The van der Waals surface area contributed by atoms with E-state index in [2.05, 4.69) is 27.8 Å². The second kappa shape index (κ2) is 17.8. The molecule has 2 fully saturated rings. The van der Waals surface area contributed by atoms with Gasteiger partial charge in [-0.15, -0.1) is 8.74 Å². The molecular formula is C37H60N6O7S+2. The number of amides is 5. The number of carbonyl (C=O) groups excluding carboxylic acids is 5. The smallest absolute Gasteiger partial charge is 0.354 e. The van der Waals surface area contributed by atoms with Crippen LogP contribution in [0.5, 0.6) is 0 Å². The largest absolute Gasteiger partial charge is 0.363 e. The Balaban J connectivity index is 1.77. The van der Waals surface area contributed by atoms with E-state index in [9.17, 15) is 28.5 Å². The zero-order valence-corrected chi connectivity index (χ0v) is 32.4. The van der Waals surface area contributed by atoms with Crippen molar-refractivity contribution in [3.8, 4) is 0 Å². The van der Waals surface area contributed by atoms with Crippen LogP contribution in [0.1, 0.15) is 86.1 Å². The number of benzene rings is 1. The Hall–Kier alpha value is -3.46. The minimum atomic E-state index is -1.33. The first-order valence-corrected chi connectivity index (χ1v) is 18.9. The highest BCUT2D eigenvalue weighted by atomic mass is 32.2. The molecule has 1 aliphatic heterocycles. The van der Waals surface area contributed by atoms with Gasteiger partial charge in [-0.1, -0.05) is 85.1 Å². The minimum absolute atomic E-state index is 0.207. The number of likely N-dealkylation sites (tertiary alicyclic amines) is 1. The Bertz CT molecular complexity index is 1440. The summed E-state index contributed by atoms with van der Waals surface area (Å²) in [5.74, 6) is -3.11. The van der Waals surface area contributed by atoms with E-state index in [1.165, 1.54) is 12.0 Å². The molecule has 2 unspecified atom stereocenters. The average Bonchev–Trinajstić information content (AvgIpc) is 3.48. The molecule has 3 rings (SSSR count). The van der Waals surface area contributed by atoms with Crippen molar-refractivity contribution >= 4 is 41.0 Å². The van der Waals surface area contributed by atoms with Gasteiger partial charge in [-0.3, -0.25) is 19.2 Å². The van der Waals surface area contributed by atoms with Gasteiger partial charge in [-0.05, 0) is 42.6 Å². The third-order valence-corrected chi connectivity index (χ3v) is 11.2. The summed E-state index contributed by atoms with van der Waals surface area (Å²) in [4.78, 5) is 68.8. The number of ketones is 1. The van der Waals surface area contributed by atoms with E-state index in [1.807, 2.05) is 65.8 Å². The fourth-order valence-corrected chi connectivity index (χ4v) is 7.46. The quantitative estimate of drug-likeness (QED) is 0.0853. The first-order valence-electron chi connectivity index (χ1n) is 17.8. The molecule has 6 atom stereocenters. The topological polar surface area (TPSA) is 197 Å².